The number of hydrogen-bond donors (Lipinski definition) is 2. The highest BCUT2D eigenvalue weighted by Crippen LogP contribution is 2.47. The maximum Gasteiger partial charge on any atom is 0.255 e. The summed E-state index contributed by atoms with van der Waals surface area (Å²) in [7, 11) is -1.43. The molecule has 0 spiro atoms. The van der Waals surface area contributed by atoms with E-state index in [1.807, 2.05) is 60.8 Å². The molecule has 2 heterocycles. The Balaban J connectivity index is 1.19. The monoisotopic (exact) mass is 630 g/mol. The summed E-state index contributed by atoms with van der Waals surface area (Å²) in [5.41, 5.74) is 3.93. The summed E-state index contributed by atoms with van der Waals surface area (Å²) >= 11 is 0. The Morgan fingerprint density at radius 2 is 1.82 bits per heavy atom. The van der Waals surface area contributed by atoms with Crippen LogP contribution in [0.1, 0.15) is 52.9 Å². The number of aromatic nitrogens is 3. The second-order valence-electron chi connectivity index (χ2n) is 12.4. The second-order valence-corrected chi connectivity index (χ2v) is 16.2. The number of benzene rings is 3. The van der Waals surface area contributed by atoms with Crippen LogP contribution in [-0.2, 0) is 17.7 Å². The number of carbonyl (C=O) groups excluding carboxylic acids is 1. The predicted molar refractivity (Wildman–Crippen MR) is 176 cm³/mol. The largest absolute Gasteiger partial charge is 0.497 e. The molecule has 1 unspecified atom stereocenters. The standard InChI is InChI=1S/C35H43FN4O4Si/c1-24-32(18-13-25-9-8-12-28(21-25)37-35(42)27-14-16-29(43-2)17-15-27)44-33(34(24)45(3,4)36)19-20-40-22-31(38-39-40)30(23-41)26-10-6-5-7-11-26/h5-12,14-17,21-22,24,30,32-34,41H,13,18-20,23H2,1-4H3,(H,37,42)/t24-,30?,32+,33-,34+/m1/s1. The number of carbonyl (C=O) groups is 1. The summed E-state index contributed by atoms with van der Waals surface area (Å²) < 4.78 is 29.2. The van der Waals surface area contributed by atoms with Gasteiger partial charge in [-0.15, -0.1) is 5.10 Å². The zero-order chi connectivity index (χ0) is 32.0. The molecule has 0 aliphatic carbocycles. The van der Waals surface area contributed by atoms with Crippen LogP contribution in [0.2, 0.25) is 18.6 Å². The van der Waals surface area contributed by atoms with Gasteiger partial charge < -0.3 is 24.0 Å². The highest BCUT2D eigenvalue weighted by atomic mass is 28.4. The first kappa shape index (κ1) is 32.5. The van der Waals surface area contributed by atoms with E-state index in [0.717, 1.165) is 29.7 Å². The minimum Gasteiger partial charge on any atom is -0.497 e. The number of anilines is 1. The van der Waals surface area contributed by atoms with Crippen molar-refractivity contribution >= 4 is 20.0 Å². The van der Waals surface area contributed by atoms with Gasteiger partial charge in [0.1, 0.15) is 5.75 Å². The first-order valence-electron chi connectivity index (χ1n) is 15.6. The number of amides is 1. The lowest BCUT2D eigenvalue weighted by atomic mass is 9.95. The van der Waals surface area contributed by atoms with Gasteiger partial charge in [0.2, 0.25) is 8.41 Å². The van der Waals surface area contributed by atoms with Gasteiger partial charge in [0.15, 0.2) is 0 Å². The number of aliphatic hydroxyl groups is 1. The fourth-order valence-electron chi connectivity index (χ4n) is 6.60. The summed E-state index contributed by atoms with van der Waals surface area (Å²) in [5.74, 6) is 0.353. The Morgan fingerprint density at radius 3 is 2.51 bits per heavy atom. The van der Waals surface area contributed by atoms with Gasteiger partial charge in [0.25, 0.3) is 5.91 Å². The number of methoxy groups -OCH3 is 1. The van der Waals surface area contributed by atoms with E-state index in [0.29, 0.717) is 30.0 Å². The Kier molecular flexibility index (Phi) is 10.5. The third kappa shape index (κ3) is 8.05. The zero-order valence-corrected chi connectivity index (χ0v) is 27.4. The van der Waals surface area contributed by atoms with Crippen molar-refractivity contribution in [3.63, 3.8) is 0 Å². The smallest absolute Gasteiger partial charge is 0.255 e. The topological polar surface area (TPSA) is 98.5 Å². The molecule has 0 saturated carbocycles. The second kappa shape index (κ2) is 14.5. The van der Waals surface area contributed by atoms with E-state index < -0.39 is 8.41 Å². The quantitative estimate of drug-likeness (QED) is 0.127. The van der Waals surface area contributed by atoms with Gasteiger partial charge in [-0.1, -0.05) is 54.6 Å². The van der Waals surface area contributed by atoms with Crippen LogP contribution < -0.4 is 10.1 Å². The molecule has 5 atom stereocenters. The normalized spacial score (nSPS) is 20.6. The highest BCUT2D eigenvalue weighted by molar-refractivity contribution is 6.72. The SMILES string of the molecule is COc1ccc(C(=O)Nc2cccc(CC[C@@H]3O[C@H](CCn4cc(C(CO)c5ccccc5)nn4)[C@@H]([Si](C)(C)F)[C@@H]3C)c2)cc1. The number of nitrogens with zero attached hydrogens (tertiary/aromatic N) is 3. The summed E-state index contributed by atoms with van der Waals surface area (Å²) in [6.45, 7) is 6.17. The van der Waals surface area contributed by atoms with E-state index in [1.54, 1.807) is 49.2 Å². The van der Waals surface area contributed by atoms with Gasteiger partial charge in [0, 0.05) is 29.5 Å². The van der Waals surface area contributed by atoms with Crippen LogP contribution in [0.5, 0.6) is 5.75 Å². The van der Waals surface area contributed by atoms with Gasteiger partial charge in [-0.25, -0.2) is 0 Å². The van der Waals surface area contributed by atoms with Crippen LogP contribution in [0.3, 0.4) is 0 Å². The maximum absolute atomic E-state index is 15.7. The van der Waals surface area contributed by atoms with Gasteiger partial charge in [-0.2, -0.15) is 0 Å². The molecule has 8 nitrogen and oxygen atoms in total. The molecule has 1 saturated heterocycles. The van der Waals surface area contributed by atoms with E-state index in [1.165, 1.54) is 0 Å². The lowest BCUT2D eigenvalue weighted by molar-refractivity contribution is 0.0247. The van der Waals surface area contributed by atoms with Crippen molar-refractivity contribution in [2.45, 2.75) is 69.5 Å². The van der Waals surface area contributed by atoms with Crippen LogP contribution in [0.4, 0.5) is 9.80 Å². The molecule has 3 aromatic carbocycles. The minimum atomic E-state index is -3.03. The number of ether oxygens (including phenoxy) is 2. The van der Waals surface area contributed by atoms with Gasteiger partial charge >= 0.3 is 0 Å². The first-order valence-corrected chi connectivity index (χ1v) is 18.6. The Morgan fingerprint density at radius 1 is 1.07 bits per heavy atom. The van der Waals surface area contributed by atoms with Crippen LogP contribution >= 0.6 is 0 Å². The van der Waals surface area contributed by atoms with Crippen LogP contribution in [-0.4, -0.2) is 60.3 Å². The summed E-state index contributed by atoms with van der Waals surface area (Å²) in [4.78, 5) is 12.8. The molecule has 1 amide bonds. The van der Waals surface area contributed by atoms with E-state index in [9.17, 15) is 9.90 Å². The summed E-state index contributed by atoms with van der Waals surface area (Å²) in [6, 6.07) is 24.6. The first-order chi connectivity index (χ1) is 21.7. The molecule has 238 valence electrons. The van der Waals surface area contributed by atoms with Crippen molar-refractivity contribution in [1.29, 1.82) is 0 Å². The average Bonchev–Trinajstić information content (AvgIpc) is 3.64. The van der Waals surface area contributed by atoms with E-state index >= 15 is 4.11 Å². The number of aryl methyl sites for hydroxylation is 2. The predicted octanol–water partition coefficient (Wildman–Crippen LogP) is 6.63. The molecule has 2 N–H and O–H groups in total. The maximum atomic E-state index is 15.7. The van der Waals surface area contributed by atoms with Crippen molar-refractivity contribution in [2.24, 2.45) is 5.92 Å². The molecular formula is C35H43FN4O4Si. The van der Waals surface area contributed by atoms with E-state index in [2.05, 4.69) is 22.6 Å². The van der Waals surface area contributed by atoms with Gasteiger partial charge in [0.05, 0.1) is 37.5 Å². The van der Waals surface area contributed by atoms with Crippen LogP contribution in [0.15, 0.2) is 85.1 Å². The molecular weight excluding hydrogens is 587 g/mol. The third-order valence-corrected chi connectivity index (χ3v) is 11.4. The number of nitrogens with one attached hydrogen (secondary N) is 1. The number of halogens is 1. The van der Waals surface area contributed by atoms with E-state index in [-0.39, 0.29) is 42.1 Å². The van der Waals surface area contributed by atoms with Crippen molar-refractivity contribution < 1.29 is 23.5 Å². The van der Waals surface area contributed by atoms with Crippen LogP contribution in [0.25, 0.3) is 0 Å². The lowest BCUT2D eigenvalue weighted by Crippen LogP contribution is -2.36. The molecule has 10 heteroatoms. The van der Waals surface area contributed by atoms with Crippen LogP contribution in [0, 0.1) is 5.92 Å². The van der Waals surface area contributed by atoms with Crippen molar-refractivity contribution in [1.82, 2.24) is 15.0 Å². The Hall–Kier alpha value is -3.86. The molecule has 0 radical (unpaired) electrons. The highest BCUT2D eigenvalue weighted by Gasteiger charge is 2.50. The average molecular weight is 631 g/mol. The molecule has 0 bridgehead atoms. The minimum absolute atomic E-state index is 0.0602. The summed E-state index contributed by atoms with van der Waals surface area (Å²) in [5, 5.41) is 21.6. The molecule has 1 fully saturated rings. The van der Waals surface area contributed by atoms with Crippen molar-refractivity contribution in [3.8, 4) is 5.75 Å². The number of hydrogen-bond acceptors (Lipinski definition) is 6. The Labute approximate surface area is 265 Å². The lowest BCUT2D eigenvalue weighted by Gasteiger charge is -2.28. The van der Waals surface area contributed by atoms with E-state index in [4.69, 9.17) is 9.47 Å². The fraction of sp³-hybridized carbons (Fsp3) is 0.400. The zero-order valence-electron chi connectivity index (χ0n) is 26.4. The van der Waals surface area contributed by atoms with Gasteiger partial charge in [-0.3, -0.25) is 9.48 Å². The molecule has 1 aromatic heterocycles. The molecule has 1 aliphatic rings. The molecule has 4 aromatic rings. The molecule has 45 heavy (non-hydrogen) atoms. The third-order valence-electron chi connectivity index (χ3n) is 8.89. The van der Waals surface area contributed by atoms with Gasteiger partial charge in [-0.05, 0) is 85.8 Å². The Bertz CT molecular complexity index is 1540. The van der Waals surface area contributed by atoms with Crippen molar-refractivity contribution in [2.75, 3.05) is 19.0 Å². The summed E-state index contributed by atoms with van der Waals surface area (Å²) in [6.07, 6.45) is 3.75. The number of rotatable bonds is 13. The number of aliphatic hydroxyl groups excluding tert-OH is 1. The molecule has 1 aliphatic heterocycles. The van der Waals surface area contributed by atoms with Crippen molar-refractivity contribution in [3.05, 3.63) is 107 Å². The fourth-order valence-corrected chi connectivity index (χ4v) is 9.20. The molecule has 5 rings (SSSR count).